The zero-order valence-corrected chi connectivity index (χ0v) is 24.5. The fraction of sp³-hybridized carbons (Fsp3) is 0.353. The third-order valence-corrected chi connectivity index (χ3v) is 7.46. The third-order valence-electron chi connectivity index (χ3n) is 7.46. The van der Waals surface area contributed by atoms with Gasteiger partial charge in [-0.1, -0.05) is 80.6 Å². The van der Waals surface area contributed by atoms with Crippen molar-refractivity contribution in [1.82, 2.24) is 10.6 Å². The zero-order valence-electron chi connectivity index (χ0n) is 24.5. The fourth-order valence-corrected chi connectivity index (χ4v) is 5.01. The summed E-state index contributed by atoms with van der Waals surface area (Å²) in [7, 11) is 0. The molecule has 226 valence electrons. The number of carbonyl (C=O) groups is 4. The number of amides is 3. The summed E-state index contributed by atoms with van der Waals surface area (Å²) in [6, 6.07) is 23.7. The number of epoxide rings is 1. The molecule has 0 spiro atoms. The monoisotopic (exact) mass is 585 g/mol. The highest BCUT2D eigenvalue weighted by molar-refractivity contribution is 5.98. The molecule has 0 saturated carbocycles. The second-order valence-corrected chi connectivity index (χ2v) is 11.4. The topological polar surface area (TPSA) is 151 Å². The number of carbonyl (C=O) groups excluding carboxylic acids is 4. The van der Waals surface area contributed by atoms with Gasteiger partial charge in [-0.15, -0.1) is 0 Å². The molecule has 43 heavy (non-hydrogen) atoms. The Labute approximate surface area is 251 Å². The minimum atomic E-state index is -0.975. The molecule has 4 rings (SSSR count). The molecule has 0 radical (unpaired) electrons. The molecule has 1 aliphatic rings. The number of primary amides is 1. The molecule has 3 aromatic rings. The maximum Gasteiger partial charge on any atom is 0.253 e. The number of ether oxygens (including phenoxy) is 1. The van der Waals surface area contributed by atoms with Gasteiger partial charge in [0.15, 0.2) is 18.0 Å². The highest BCUT2D eigenvalue weighted by Crippen LogP contribution is 2.24. The first kappa shape index (κ1) is 31.4. The Bertz CT molecular complexity index is 1410. The normalized spacial score (nSPS) is 17.1. The first-order valence-corrected chi connectivity index (χ1v) is 14.6. The number of hydrogen-bond donors (Lipinski definition) is 4. The SMILES string of the molecule is CC(C)C[C@H](NC(=O)C1OC1C(=O)NCCc1ccc(-c2ccccc2)cc1)C(=O)C[C@@H](Cc1ccc(O)cc1)C(N)=O. The molecule has 5 N–H and O–H groups in total. The largest absolute Gasteiger partial charge is 0.508 e. The van der Waals surface area contributed by atoms with Gasteiger partial charge in [-0.3, -0.25) is 19.2 Å². The van der Waals surface area contributed by atoms with E-state index >= 15 is 0 Å². The van der Waals surface area contributed by atoms with E-state index in [2.05, 4.69) is 22.8 Å². The number of nitrogens with one attached hydrogen (secondary N) is 2. The maximum atomic E-state index is 13.2. The molecule has 0 bridgehead atoms. The van der Waals surface area contributed by atoms with Gasteiger partial charge in [0, 0.05) is 18.9 Å². The van der Waals surface area contributed by atoms with Crippen LogP contribution in [0.3, 0.4) is 0 Å². The van der Waals surface area contributed by atoms with Crippen LogP contribution in [0.2, 0.25) is 0 Å². The van der Waals surface area contributed by atoms with Crippen LogP contribution in [-0.4, -0.2) is 53.4 Å². The summed E-state index contributed by atoms with van der Waals surface area (Å²) < 4.78 is 5.37. The Hall–Kier alpha value is -4.50. The highest BCUT2D eigenvalue weighted by Gasteiger charge is 2.50. The van der Waals surface area contributed by atoms with E-state index < -0.39 is 36.0 Å². The summed E-state index contributed by atoms with van der Waals surface area (Å²) in [6.07, 6.45) is -0.813. The fourth-order valence-electron chi connectivity index (χ4n) is 5.01. The molecule has 1 fully saturated rings. The molecular weight excluding hydrogens is 546 g/mol. The van der Waals surface area contributed by atoms with Crippen molar-refractivity contribution in [3.63, 3.8) is 0 Å². The average Bonchev–Trinajstić information content (AvgIpc) is 3.79. The number of ketones is 1. The van der Waals surface area contributed by atoms with Crippen LogP contribution in [-0.2, 0) is 36.8 Å². The van der Waals surface area contributed by atoms with E-state index in [0.717, 1.165) is 22.3 Å². The Balaban J connectivity index is 1.25. The lowest BCUT2D eigenvalue weighted by atomic mass is 9.89. The van der Waals surface area contributed by atoms with Gasteiger partial charge in [-0.25, -0.2) is 0 Å². The van der Waals surface area contributed by atoms with Gasteiger partial charge in [0.05, 0.1) is 6.04 Å². The van der Waals surface area contributed by atoms with Crippen LogP contribution in [0.15, 0.2) is 78.9 Å². The minimum Gasteiger partial charge on any atom is -0.508 e. The molecule has 4 atom stereocenters. The molecule has 1 heterocycles. The number of rotatable bonds is 15. The van der Waals surface area contributed by atoms with Crippen molar-refractivity contribution in [2.24, 2.45) is 17.6 Å². The second kappa shape index (κ2) is 14.6. The Kier molecular flexibility index (Phi) is 10.7. The first-order valence-electron chi connectivity index (χ1n) is 14.6. The van der Waals surface area contributed by atoms with Crippen LogP contribution in [0.25, 0.3) is 11.1 Å². The maximum absolute atomic E-state index is 13.2. The van der Waals surface area contributed by atoms with Gasteiger partial charge < -0.3 is 26.2 Å². The van der Waals surface area contributed by atoms with Crippen molar-refractivity contribution in [2.45, 2.75) is 57.8 Å². The summed E-state index contributed by atoms with van der Waals surface area (Å²) in [4.78, 5) is 50.9. The minimum absolute atomic E-state index is 0.0827. The van der Waals surface area contributed by atoms with Crippen LogP contribution in [0.1, 0.15) is 37.8 Å². The lowest BCUT2D eigenvalue weighted by Crippen LogP contribution is -2.46. The summed E-state index contributed by atoms with van der Waals surface area (Å²) in [5, 5.41) is 15.1. The van der Waals surface area contributed by atoms with Gasteiger partial charge in [-0.2, -0.15) is 0 Å². The molecule has 1 saturated heterocycles. The number of benzene rings is 3. The van der Waals surface area contributed by atoms with Crippen molar-refractivity contribution >= 4 is 23.5 Å². The predicted molar refractivity (Wildman–Crippen MR) is 163 cm³/mol. The van der Waals surface area contributed by atoms with Crippen LogP contribution >= 0.6 is 0 Å². The molecule has 9 heteroatoms. The van der Waals surface area contributed by atoms with Crippen molar-refractivity contribution < 1.29 is 29.0 Å². The molecule has 3 aromatic carbocycles. The van der Waals surface area contributed by atoms with Crippen molar-refractivity contribution in [2.75, 3.05) is 6.54 Å². The van der Waals surface area contributed by atoms with Gasteiger partial charge in [0.1, 0.15) is 5.75 Å². The van der Waals surface area contributed by atoms with Gasteiger partial charge in [-0.05, 0) is 59.6 Å². The van der Waals surface area contributed by atoms with E-state index in [1.165, 1.54) is 12.1 Å². The van der Waals surface area contributed by atoms with E-state index in [1.54, 1.807) is 12.1 Å². The van der Waals surface area contributed by atoms with Crippen molar-refractivity contribution in [3.8, 4) is 16.9 Å². The van der Waals surface area contributed by atoms with Crippen molar-refractivity contribution in [1.29, 1.82) is 0 Å². The number of nitrogens with two attached hydrogens (primary N) is 1. The van der Waals surface area contributed by atoms with Gasteiger partial charge >= 0.3 is 0 Å². The second-order valence-electron chi connectivity index (χ2n) is 11.4. The molecule has 1 aliphatic heterocycles. The van der Waals surface area contributed by atoms with E-state index in [4.69, 9.17) is 10.5 Å². The summed E-state index contributed by atoms with van der Waals surface area (Å²) in [5.41, 5.74) is 9.67. The zero-order chi connectivity index (χ0) is 30.9. The highest BCUT2D eigenvalue weighted by atomic mass is 16.6. The standard InChI is InChI=1S/C34H39N3O6/c1-21(2)18-28(29(39)20-26(32(35)40)19-23-10-14-27(38)15-11-23)37-34(42)31-30(43-31)33(41)36-17-16-22-8-12-25(13-9-22)24-6-4-3-5-7-24/h3-15,21,26,28,30-31,38H,16-20H2,1-2H3,(H2,35,40)(H,36,41)(H,37,42)/t26-,28+,30?,31?/m1/s1. The number of hydrogen-bond acceptors (Lipinski definition) is 6. The Morgan fingerprint density at radius 1 is 0.837 bits per heavy atom. The lowest BCUT2D eigenvalue weighted by molar-refractivity contribution is -0.131. The van der Waals surface area contributed by atoms with Gasteiger partial charge in [0.2, 0.25) is 5.91 Å². The molecule has 9 nitrogen and oxygen atoms in total. The number of phenolic OH excluding ortho intramolecular Hbond substituents is 1. The molecule has 0 aliphatic carbocycles. The summed E-state index contributed by atoms with van der Waals surface area (Å²) in [6.45, 7) is 4.24. The number of aromatic hydroxyl groups is 1. The van der Waals surface area contributed by atoms with Crippen LogP contribution in [0.5, 0.6) is 5.75 Å². The lowest BCUT2D eigenvalue weighted by Gasteiger charge is -2.21. The van der Waals surface area contributed by atoms with E-state index in [1.807, 2.05) is 56.3 Å². The summed E-state index contributed by atoms with van der Waals surface area (Å²) in [5.74, 6) is -2.44. The molecule has 0 aromatic heterocycles. The first-order chi connectivity index (χ1) is 20.6. The molecule has 2 unspecified atom stereocenters. The van der Waals surface area contributed by atoms with E-state index in [0.29, 0.717) is 19.4 Å². The van der Waals surface area contributed by atoms with E-state index in [9.17, 15) is 24.3 Å². The van der Waals surface area contributed by atoms with Gasteiger partial charge in [0.25, 0.3) is 11.8 Å². The number of Topliss-reactive ketones (excluding diaryl/α,β-unsaturated/α-hetero) is 1. The predicted octanol–water partition coefficient (Wildman–Crippen LogP) is 3.32. The Morgan fingerprint density at radius 2 is 1.44 bits per heavy atom. The summed E-state index contributed by atoms with van der Waals surface area (Å²) >= 11 is 0. The molecular formula is C34H39N3O6. The van der Waals surface area contributed by atoms with Crippen LogP contribution in [0, 0.1) is 11.8 Å². The average molecular weight is 586 g/mol. The van der Waals surface area contributed by atoms with Crippen molar-refractivity contribution in [3.05, 3.63) is 90.0 Å². The number of phenols is 1. The molecule has 3 amide bonds. The smallest absolute Gasteiger partial charge is 0.253 e. The third kappa shape index (κ3) is 9.24. The van der Waals surface area contributed by atoms with E-state index in [-0.39, 0.29) is 36.2 Å². The Morgan fingerprint density at radius 3 is 2.07 bits per heavy atom. The van der Waals surface area contributed by atoms with Crippen LogP contribution in [0.4, 0.5) is 0 Å². The van der Waals surface area contributed by atoms with Crippen LogP contribution < -0.4 is 16.4 Å². The quantitative estimate of drug-likeness (QED) is 0.201.